The second-order valence-electron chi connectivity index (χ2n) is 8.19. The normalized spacial score (nSPS) is 13.0. The number of rotatable bonds is 6. The number of para-hydroxylation sites is 1. The molecule has 7 nitrogen and oxygen atoms in total. The van der Waals surface area contributed by atoms with Gasteiger partial charge in [-0.2, -0.15) is 0 Å². The Labute approximate surface area is 196 Å². The Morgan fingerprint density at radius 3 is 2.61 bits per heavy atom. The van der Waals surface area contributed by atoms with E-state index in [-0.39, 0.29) is 30.4 Å². The average Bonchev–Trinajstić information content (AvgIpc) is 3.13. The molecule has 0 saturated carbocycles. The van der Waals surface area contributed by atoms with Crippen LogP contribution in [-0.4, -0.2) is 34.2 Å². The zero-order valence-electron chi connectivity index (χ0n) is 19.0. The van der Waals surface area contributed by atoms with Gasteiger partial charge in [-0.25, -0.2) is 9.78 Å². The molecule has 0 aliphatic carbocycles. The fourth-order valence-electron chi connectivity index (χ4n) is 4.26. The zero-order valence-corrected chi connectivity index (χ0v) is 19.7. The molecule has 0 spiro atoms. The van der Waals surface area contributed by atoms with Crippen LogP contribution in [0.1, 0.15) is 61.5 Å². The van der Waals surface area contributed by atoms with Gasteiger partial charge in [0.15, 0.2) is 0 Å². The predicted molar refractivity (Wildman–Crippen MR) is 126 cm³/mol. The molecule has 0 amide bonds. The molecule has 0 N–H and O–H groups in total. The van der Waals surface area contributed by atoms with Crippen LogP contribution in [0.5, 0.6) is 0 Å². The van der Waals surface area contributed by atoms with Gasteiger partial charge in [0.25, 0.3) is 5.56 Å². The van der Waals surface area contributed by atoms with E-state index in [1.807, 2.05) is 31.2 Å². The standard InChI is InChI=1S/C25H25ClN2O5/c1-5-14(24(30)33-13(3)4)16-11-19-22-17(21(26)15-9-7-8-10-18(15)27-22)12-28(19)23(29)20(16)25(31)32-6-2/h7-11,13-14H,5-6,12H2,1-4H3. The van der Waals surface area contributed by atoms with Gasteiger partial charge in [-0.15, -0.1) is 0 Å². The molecule has 1 unspecified atom stereocenters. The van der Waals surface area contributed by atoms with E-state index in [1.54, 1.807) is 26.8 Å². The fourth-order valence-corrected chi connectivity index (χ4v) is 4.56. The van der Waals surface area contributed by atoms with Crippen molar-refractivity contribution in [1.29, 1.82) is 0 Å². The lowest BCUT2D eigenvalue weighted by molar-refractivity contribution is -0.149. The van der Waals surface area contributed by atoms with Crippen molar-refractivity contribution in [3.05, 3.63) is 62.4 Å². The molecule has 3 heterocycles. The third kappa shape index (κ3) is 3.91. The molecule has 2 aromatic heterocycles. The number of nitrogens with zero attached hydrogens (tertiary/aromatic N) is 2. The van der Waals surface area contributed by atoms with E-state index in [0.29, 0.717) is 33.9 Å². The van der Waals surface area contributed by atoms with Gasteiger partial charge in [0.2, 0.25) is 0 Å². The van der Waals surface area contributed by atoms with Crippen LogP contribution in [0.4, 0.5) is 0 Å². The zero-order chi connectivity index (χ0) is 23.9. The third-order valence-corrected chi connectivity index (χ3v) is 6.14. The fraction of sp³-hybridized carbons (Fsp3) is 0.360. The first-order valence-electron chi connectivity index (χ1n) is 11.0. The Hall–Kier alpha value is -3.19. The summed E-state index contributed by atoms with van der Waals surface area (Å²) in [6, 6.07) is 9.16. The van der Waals surface area contributed by atoms with Crippen molar-refractivity contribution >= 4 is 34.4 Å². The lowest BCUT2D eigenvalue weighted by Crippen LogP contribution is -2.31. The molecular weight excluding hydrogens is 444 g/mol. The van der Waals surface area contributed by atoms with Crippen molar-refractivity contribution in [1.82, 2.24) is 9.55 Å². The van der Waals surface area contributed by atoms with E-state index in [4.69, 9.17) is 26.1 Å². The van der Waals surface area contributed by atoms with Crippen molar-refractivity contribution in [2.24, 2.45) is 0 Å². The smallest absolute Gasteiger partial charge is 0.344 e. The van der Waals surface area contributed by atoms with E-state index in [1.165, 1.54) is 4.57 Å². The van der Waals surface area contributed by atoms with Crippen molar-refractivity contribution in [2.75, 3.05) is 6.61 Å². The van der Waals surface area contributed by atoms with Crippen molar-refractivity contribution < 1.29 is 19.1 Å². The molecule has 8 heteroatoms. The number of halogens is 1. The molecule has 0 saturated heterocycles. The summed E-state index contributed by atoms with van der Waals surface area (Å²) in [5.74, 6) is -2.06. The van der Waals surface area contributed by atoms with Gasteiger partial charge in [-0.1, -0.05) is 36.7 Å². The lowest BCUT2D eigenvalue weighted by atomic mass is 9.92. The highest BCUT2D eigenvalue weighted by atomic mass is 35.5. The van der Waals surface area contributed by atoms with Crippen LogP contribution >= 0.6 is 11.6 Å². The molecule has 4 rings (SSSR count). The second-order valence-corrected chi connectivity index (χ2v) is 8.57. The van der Waals surface area contributed by atoms with Crippen LogP contribution in [0.3, 0.4) is 0 Å². The molecule has 0 fully saturated rings. The molecule has 33 heavy (non-hydrogen) atoms. The summed E-state index contributed by atoms with van der Waals surface area (Å²) >= 11 is 6.70. The second kappa shape index (κ2) is 8.98. The number of hydrogen-bond donors (Lipinski definition) is 0. The minimum Gasteiger partial charge on any atom is -0.463 e. The SMILES string of the molecule is CCOC(=O)c1c(C(CC)C(=O)OC(C)C)cc2n(c1=O)Cc1c-2nc2ccccc2c1Cl. The molecule has 1 atom stereocenters. The average molecular weight is 469 g/mol. The molecule has 1 aromatic carbocycles. The monoisotopic (exact) mass is 468 g/mol. The quantitative estimate of drug-likeness (QED) is 0.381. The maximum Gasteiger partial charge on any atom is 0.344 e. The summed E-state index contributed by atoms with van der Waals surface area (Å²) in [6.07, 6.45) is 0.0141. The lowest BCUT2D eigenvalue weighted by Gasteiger charge is -2.20. The van der Waals surface area contributed by atoms with Gasteiger partial charge in [0.05, 0.1) is 47.1 Å². The van der Waals surface area contributed by atoms with E-state index in [2.05, 4.69) is 0 Å². The third-order valence-electron chi connectivity index (χ3n) is 5.71. The number of esters is 2. The Morgan fingerprint density at radius 2 is 1.94 bits per heavy atom. The maximum absolute atomic E-state index is 13.6. The minimum absolute atomic E-state index is 0.103. The predicted octanol–water partition coefficient (Wildman–Crippen LogP) is 4.70. The van der Waals surface area contributed by atoms with E-state index < -0.39 is 23.4 Å². The van der Waals surface area contributed by atoms with Gasteiger partial charge in [-0.05, 0) is 44.9 Å². The summed E-state index contributed by atoms with van der Waals surface area (Å²) < 4.78 is 12.1. The Bertz CT molecular complexity index is 1330. The number of benzene rings is 1. The molecule has 1 aliphatic heterocycles. The van der Waals surface area contributed by atoms with Crippen LogP contribution in [0.25, 0.3) is 22.3 Å². The molecule has 0 radical (unpaired) electrons. The van der Waals surface area contributed by atoms with Crippen LogP contribution < -0.4 is 5.56 Å². The van der Waals surface area contributed by atoms with Gasteiger partial charge < -0.3 is 14.0 Å². The van der Waals surface area contributed by atoms with Gasteiger partial charge >= 0.3 is 11.9 Å². The molecule has 3 aromatic rings. The number of ether oxygens (including phenoxy) is 2. The number of aromatic nitrogens is 2. The topological polar surface area (TPSA) is 87.5 Å². The van der Waals surface area contributed by atoms with Crippen LogP contribution in [0.15, 0.2) is 35.1 Å². The molecule has 172 valence electrons. The van der Waals surface area contributed by atoms with Crippen LogP contribution in [0, 0.1) is 0 Å². The Balaban J connectivity index is 1.98. The minimum atomic E-state index is -0.801. The van der Waals surface area contributed by atoms with Crippen molar-refractivity contribution in [3.8, 4) is 11.4 Å². The van der Waals surface area contributed by atoms with Crippen molar-refractivity contribution in [3.63, 3.8) is 0 Å². The first kappa shape index (κ1) is 23.0. The molecular formula is C25H25ClN2O5. The highest BCUT2D eigenvalue weighted by molar-refractivity contribution is 6.36. The Kier molecular flexibility index (Phi) is 6.26. The van der Waals surface area contributed by atoms with Gasteiger partial charge in [0, 0.05) is 10.9 Å². The summed E-state index contributed by atoms with van der Waals surface area (Å²) in [7, 11) is 0. The largest absolute Gasteiger partial charge is 0.463 e. The Morgan fingerprint density at radius 1 is 1.21 bits per heavy atom. The molecule has 0 bridgehead atoms. The summed E-state index contributed by atoms with van der Waals surface area (Å²) in [5.41, 5.74) is 2.09. The summed E-state index contributed by atoms with van der Waals surface area (Å²) in [6.45, 7) is 7.26. The number of pyridine rings is 2. The first-order chi connectivity index (χ1) is 15.8. The number of fused-ring (bicyclic) bond motifs is 4. The highest BCUT2D eigenvalue weighted by Gasteiger charge is 2.34. The van der Waals surface area contributed by atoms with Gasteiger partial charge in [0.1, 0.15) is 5.56 Å². The van der Waals surface area contributed by atoms with E-state index >= 15 is 0 Å². The van der Waals surface area contributed by atoms with Crippen LogP contribution in [-0.2, 0) is 20.8 Å². The van der Waals surface area contributed by atoms with Crippen molar-refractivity contribution in [2.45, 2.75) is 52.7 Å². The summed E-state index contributed by atoms with van der Waals surface area (Å²) in [4.78, 5) is 44.1. The molecule has 1 aliphatic rings. The first-order valence-corrected chi connectivity index (χ1v) is 11.4. The summed E-state index contributed by atoms with van der Waals surface area (Å²) in [5, 5.41) is 1.31. The van der Waals surface area contributed by atoms with Crippen LogP contribution in [0.2, 0.25) is 5.02 Å². The number of carbonyl (C=O) groups excluding carboxylic acids is 2. The highest BCUT2D eigenvalue weighted by Crippen LogP contribution is 2.39. The van der Waals surface area contributed by atoms with Gasteiger partial charge in [-0.3, -0.25) is 9.59 Å². The van der Waals surface area contributed by atoms with E-state index in [0.717, 1.165) is 5.39 Å². The number of carbonyl (C=O) groups is 2. The maximum atomic E-state index is 13.6. The number of hydrogen-bond acceptors (Lipinski definition) is 6. The van der Waals surface area contributed by atoms with E-state index in [9.17, 15) is 14.4 Å².